The second-order valence-electron chi connectivity index (χ2n) is 1.83. The molecule has 6 heteroatoms. The first-order valence-electron chi connectivity index (χ1n) is 2.78. The Hall–Kier alpha value is -0.520. The van der Waals surface area contributed by atoms with Crippen molar-refractivity contribution in [2.24, 2.45) is 5.73 Å². The first kappa shape index (κ1) is 10.5. The van der Waals surface area contributed by atoms with Crippen molar-refractivity contribution in [3.63, 3.8) is 0 Å². The number of carbonyl (C=O) groups is 1. The smallest absolute Gasteiger partial charge is 0.197 e. The Labute approximate surface area is 74.5 Å². The van der Waals surface area contributed by atoms with Crippen LogP contribution in [0, 0.1) is 6.92 Å². The molecule has 62 valence electrons. The van der Waals surface area contributed by atoms with E-state index in [1.807, 2.05) is 0 Å². The highest BCUT2D eigenvalue weighted by Gasteiger charge is 2.10. The number of halogens is 1. The van der Waals surface area contributed by atoms with Crippen LogP contribution in [0.5, 0.6) is 0 Å². The fourth-order valence-electron chi connectivity index (χ4n) is 0.581. The van der Waals surface area contributed by atoms with Gasteiger partial charge in [0.1, 0.15) is 5.69 Å². The summed E-state index contributed by atoms with van der Waals surface area (Å²) < 4.78 is 7.63. The van der Waals surface area contributed by atoms with Crippen LogP contribution in [0.4, 0.5) is 0 Å². The van der Waals surface area contributed by atoms with E-state index in [-0.39, 0.29) is 24.7 Å². The number of aromatic nitrogens is 2. The Morgan fingerprint density at radius 2 is 2.27 bits per heavy atom. The zero-order chi connectivity index (χ0) is 7.56. The molecule has 0 spiro atoms. The van der Waals surface area contributed by atoms with Crippen LogP contribution < -0.4 is 5.73 Å². The third kappa shape index (κ3) is 2.21. The molecule has 0 aromatic carbocycles. The van der Waals surface area contributed by atoms with Crippen LogP contribution in [-0.4, -0.2) is 21.1 Å². The molecule has 1 aromatic rings. The van der Waals surface area contributed by atoms with E-state index in [4.69, 9.17) is 5.73 Å². The van der Waals surface area contributed by atoms with Gasteiger partial charge in [-0.1, -0.05) is 0 Å². The van der Waals surface area contributed by atoms with E-state index in [9.17, 15) is 4.79 Å². The molecule has 0 saturated carbocycles. The molecule has 0 bridgehead atoms. The Bertz CT molecular complexity index is 250. The van der Waals surface area contributed by atoms with Crippen molar-refractivity contribution in [3.05, 3.63) is 11.4 Å². The molecule has 0 aliphatic heterocycles. The van der Waals surface area contributed by atoms with E-state index in [1.54, 1.807) is 6.92 Å². The monoisotopic (exact) mass is 193 g/mol. The van der Waals surface area contributed by atoms with Gasteiger partial charge in [0, 0.05) is 0 Å². The Morgan fingerprint density at radius 1 is 1.64 bits per heavy atom. The van der Waals surface area contributed by atoms with Gasteiger partial charge in [0.25, 0.3) is 0 Å². The van der Waals surface area contributed by atoms with E-state index < -0.39 is 0 Å². The van der Waals surface area contributed by atoms with E-state index in [1.165, 1.54) is 0 Å². The maximum atomic E-state index is 10.9. The van der Waals surface area contributed by atoms with Crippen molar-refractivity contribution in [3.8, 4) is 0 Å². The largest absolute Gasteiger partial charge is 0.324 e. The lowest BCUT2D eigenvalue weighted by Gasteiger charge is -1.89. The summed E-state index contributed by atoms with van der Waals surface area (Å²) >= 11 is 1.03. The minimum atomic E-state index is -0.147. The Kier molecular flexibility index (Phi) is 4.17. The zero-order valence-electron chi connectivity index (χ0n) is 5.90. The zero-order valence-corrected chi connectivity index (χ0v) is 7.54. The third-order valence-corrected chi connectivity index (χ3v) is 1.72. The summed E-state index contributed by atoms with van der Waals surface area (Å²) in [6, 6.07) is 0. The van der Waals surface area contributed by atoms with Crippen molar-refractivity contribution >= 4 is 29.9 Å². The summed E-state index contributed by atoms with van der Waals surface area (Å²) in [7, 11) is 0. The first-order valence-corrected chi connectivity index (χ1v) is 3.51. The van der Waals surface area contributed by atoms with Gasteiger partial charge in [-0.15, -0.1) is 12.4 Å². The standard InChI is InChI=1S/C5H7N3OS.ClH/c1-3-5(4(9)2-6)8-10-7-3;/h2,6H2,1H3;1H. The lowest BCUT2D eigenvalue weighted by Crippen LogP contribution is -2.14. The summed E-state index contributed by atoms with van der Waals surface area (Å²) in [4.78, 5) is 10.9. The number of hydrogen-bond donors (Lipinski definition) is 1. The molecule has 0 saturated heterocycles. The average molecular weight is 194 g/mol. The molecule has 2 N–H and O–H groups in total. The number of nitrogens with zero attached hydrogens (tertiary/aromatic N) is 2. The molecule has 0 aliphatic carbocycles. The predicted molar refractivity (Wildman–Crippen MR) is 45.3 cm³/mol. The SMILES string of the molecule is Cc1nsnc1C(=O)CN.Cl. The average Bonchev–Trinajstić information content (AvgIpc) is 2.34. The molecule has 0 amide bonds. The van der Waals surface area contributed by atoms with Gasteiger partial charge in [0.05, 0.1) is 24.0 Å². The minimum Gasteiger partial charge on any atom is -0.324 e. The van der Waals surface area contributed by atoms with Crippen LogP contribution >= 0.6 is 24.1 Å². The number of aryl methyl sites for hydroxylation is 1. The number of hydrogen-bond acceptors (Lipinski definition) is 5. The summed E-state index contributed by atoms with van der Waals surface area (Å²) in [5, 5.41) is 0. The summed E-state index contributed by atoms with van der Waals surface area (Å²) in [5.74, 6) is -0.147. The van der Waals surface area contributed by atoms with Gasteiger partial charge < -0.3 is 5.73 Å². The van der Waals surface area contributed by atoms with Crippen molar-refractivity contribution < 1.29 is 4.79 Å². The second-order valence-corrected chi connectivity index (χ2v) is 2.35. The van der Waals surface area contributed by atoms with Crippen molar-refractivity contribution in [1.29, 1.82) is 0 Å². The van der Waals surface area contributed by atoms with Crippen molar-refractivity contribution in [2.45, 2.75) is 6.92 Å². The van der Waals surface area contributed by atoms with Crippen LogP contribution in [0.3, 0.4) is 0 Å². The van der Waals surface area contributed by atoms with Crippen LogP contribution in [0.2, 0.25) is 0 Å². The Balaban J connectivity index is 0.000001000. The second kappa shape index (κ2) is 4.38. The highest BCUT2D eigenvalue weighted by atomic mass is 35.5. The van der Waals surface area contributed by atoms with Gasteiger partial charge in [0.2, 0.25) is 0 Å². The lowest BCUT2D eigenvalue weighted by atomic mass is 10.2. The highest BCUT2D eigenvalue weighted by Crippen LogP contribution is 2.03. The van der Waals surface area contributed by atoms with Crippen LogP contribution in [0.1, 0.15) is 16.2 Å². The van der Waals surface area contributed by atoms with E-state index in [2.05, 4.69) is 8.75 Å². The van der Waals surface area contributed by atoms with Crippen LogP contribution in [0.25, 0.3) is 0 Å². The molecule has 1 heterocycles. The van der Waals surface area contributed by atoms with E-state index >= 15 is 0 Å². The number of ketones is 1. The van der Waals surface area contributed by atoms with Gasteiger partial charge in [-0.05, 0) is 6.92 Å². The number of rotatable bonds is 2. The van der Waals surface area contributed by atoms with Crippen LogP contribution in [-0.2, 0) is 0 Å². The van der Waals surface area contributed by atoms with Crippen LogP contribution in [0.15, 0.2) is 0 Å². The molecular weight excluding hydrogens is 186 g/mol. The van der Waals surface area contributed by atoms with Gasteiger partial charge >= 0.3 is 0 Å². The summed E-state index contributed by atoms with van der Waals surface area (Å²) in [5.41, 5.74) is 6.20. The summed E-state index contributed by atoms with van der Waals surface area (Å²) in [6.45, 7) is 1.75. The molecule has 0 radical (unpaired) electrons. The molecule has 11 heavy (non-hydrogen) atoms. The molecule has 0 atom stereocenters. The molecule has 0 fully saturated rings. The fraction of sp³-hybridized carbons (Fsp3) is 0.400. The van der Waals surface area contributed by atoms with Gasteiger partial charge in [-0.2, -0.15) is 8.75 Å². The van der Waals surface area contributed by atoms with Crippen molar-refractivity contribution in [1.82, 2.24) is 8.75 Å². The van der Waals surface area contributed by atoms with Gasteiger partial charge in [0.15, 0.2) is 5.78 Å². The van der Waals surface area contributed by atoms with Gasteiger partial charge in [-0.25, -0.2) is 0 Å². The first-order chi connectivity index (χ1) is 4.75. The predicted octanol–water partition coefficient (Wildman–Crippen LogP) is 0.410. The maximum Gasteiger partial charge on any atom is 0.197 e. The fourth-order valence-corrected chi connectivity index (χ4v) is 1.15. The maximum absolute atomic E-state index is 10.9. The van der Waals surface area contributed by atoms with Gasteiger partial charge in [-0.3, -0.25) is 4.79 Å². The van der Waals surface area contributed by atoms with E-state index in [0.29, 0.717) is 11.4 Å². The normalized spacial score (nSPS) is 8.91. The quantitative estimate of drug-likeness (QED) is 0.691. The molecule has 1 aromatic heterocycles. The third-order valence-electron chi connectivity index (χ3n) is 1.10. The lowest BCUT2D eigenvalue weighted by molar-refractivity contribution is 0.0997. The molecule has 1 rings (SSSR count). The molecule has 0 aliphatic rings. The van der Waals surface area contributed by atoms with Crippen molar-refractivity contribution in [2.75, 3.05) is 6.54 Å². The summed E-state index contributed by atoms with van der Waals surface area (Å²) in [6.07, 6.45) is 0. The topological polar surface area (TPSA) is 68.9 Å². The molecule has 4 nitrogen and oxygen atoms in total. The number of nitrogens with two attached hydrogens (primary N) is 1. The minimum absolute atomic E-state index is 0. The number of Topliss-reactive ketones (excluding diaryl/α,β-unsaturated/α-hetero) is 1. The molecule has 0 unspecified atom stereocenters. The number of carbonyl (C=O) groups excluding carboxylic acids is 1. The Morgan fingerprint density at radius 3 is 2.64 bits per heavy atom. The highest BCUT2D eigenvalue weighted by molar-refractivity contribution is 6.99. The molecular formula is C5H8ClN3OS. The van der Waals surface area contributed by atoms with E-state index in [0.717, 1.165) is 11.7 Å².